The van der Waals surface area contributed by atoms with Crippen molar-refractivity contribution < 1.29 is 52.4 Å². The van der Waals surface area contributed by atoms with Crippen molar-refractivity contribution in [2.45, 2.75) is 140 Å². The van der Waals surface area contributed by atoms with Gasteiger partial charge in [0, 0.05) is 42.5 Å². The fourth-order valence-electron chi connectivity index (χ4n) is 8.86. The second-order valence-electron chi connectivity index (χ2n) is 17.0. The number of allylic oxidation sites excluding steroid dienone is 2. The van der Waals surface area contributed by atoms with Crippen LogP contribution in [-0.2, 0) is 44.5 Å². The Kier molecular flexibility index (Phi) is 13.7. The van der Waals surface area contributed by atoms with E-state index in [1.165, 1.54) is 14.0 Å². The van der Waals surface area contributed by atoms with Gasteiger partial charge in [-0.15, -0.1) is 0 Å². The highest BCUT2D eigenvalue weighted by Crippen LogP contribution is 2.41. The van der Waals surface area contributed by atoms with Crippen molar-refractivity contribution in [3.8, 4) is 0 Å². The number of hydrogen-bond acceptors (Lipinski definition) is 12. The molecule has 3 aliphatic rings. The van der Waals surface area contributed by atoms with E-state index in [-0.39, 0.29) is 30.8 Å². The third-order valence-corrected chi connectivity index (χ3v) is 12.3. The van der Waals surface area contributed by atoms with Gasteiger partial charge in [-0.1, -0.05) is 51.1 Å². The number of ether oxygens (including phenoxy) is 5. The Balaban J connectivity index is 1.47. The van der Waals surface area contributed by atoms with Gasteiger partial charge in [-0.05, 0) is 91.6 Å². The number of esters is 1. The Morgan fingerprint density at radius 2 is 1.75 bits per heavy atom. The minimum absolute atomic E-state index is 0.00290. The molecule has 13 atom stereocenters. The first kappa shape index (κ1) is 44.3. The number of nitrogens with zero attached hydrogens (tertiary/aromatic N) is 2. The van der Waals surface area contributed by atoms with Gasteiger partial charge in [-0.2, -0.15) is 0 Å². The number of aliphatic hydroxyl groups is 1. The van der Waals surface area contributed by atoms with Gasteiger partial charge in [0.2, 0.25) is 0 Å². The maximum absolute atomic E-state index is 17.0. The standard InChI is InChI=1S/C43H60FN3O10/c1-24-22-41(5,53-10)37(56-38-34(49)31(47(8)9)20-25(2)54-38)27(4)36(50)42(6,44)39(51)55-32(43(7)35(26(3)33(24)48)46-40(52)57-43)19-13-11-12-16-28-21-29-17-14-15-18-30(29)45-23-28/h11-12,14-15,17-18,21,23-27,31-32,34-35,37-38,49H,13,16,19-20,22H2,1-10H3,(H,46,52)/b12-11+/t24-,25-,26+,27+,31+,32-,34-,35-,37-,38+,41-,42+,43-/m1/s1. The van der Waals surface area contributed by atoms with E-state index in [0.717, 1.165) is 23.4 Å². The molecule has 57 heavy (non-hydrogen) atoms. The summed E-state index contributed by atoms with van der Waals surface area (Å²) in [5.74, 6) is -5.85. The molecular weight excluding hydrogens is 737 g/mol. The number of fused-ring (bicyclic) bond motifs is 2. The van der Waals surface area contributed by atoms with Gasteiger partial charge in [0.15, 0.2) is 17.7 Å². The molecule has 0 spiro atoms. The van der Waals surface area contributed by atoms with Gasteiger partial charge in [0.25, 0.3) is 5.67 Å². The van der Waals surface area contributed by atoms with Crippen LogP contribution in [0.25, 0.3) is 10.9 Å². The normalized spacial score (nSPS) is 38.5. The summed E-state index contributed by atoms with van der Waals surface area (Å²) in [6.45, 7) is 10.7. The van der Waals surface area contributed by atoms with Gasteiger partial charge >= 0.3 is 12.1 Å². The Morgan fingerprint density at radius 1 is 1.05 bits per heavy atom. The molecule has 3 aliphatic heterocycles. The molecule has 1 aromatic heterocycles. The number of amides is 1. The number of carbonyl (C=O) groups excluding carboxylic acids is 4. The van der Waals surface area contributed by atoms with E-state index < -0.39 is 83.1 Å². The van der Waals surface area contributed by atoms with Crippen LogP contribution in [0.1, 0.15) is 79.7 Å². The average molecular weight is 798 g/mol. The number of nitrogens with one attached hydrogen (secondary N) is 1. The number of rotatable bonds is 9. The first-order valence-electron chi connectivity index (χ1n) is 19.9. The van der Waals surface area contributed by atoms with Crippen LogP contribution in [-0.4, -0.2) is 119 Å². The minimum atomic E-state index is -3.20. The van der Waals surface area contributed by atoms with E-state index >= 15 is 4.39 Å². The number of aliphatic hydroxyl groups excluding tert-OH is 1. The van der Waals surface area contributed by atoms with Crippen molar-refractivity contribution in [2.24, 2.45) is 17.8 Å². The van der Waals surface area contributed by atoms with Crippen molar-refractivity contribution in [1.82, 2.24) is 15.2 Å². The highest BCUT2D eigenvalue weighted by atomic mass is 19.1. The zero-order valence-corrected chi connectivity index (χ0v) is 34.8. The smallest absolute Gasteiger partial charge is 0.408 e. The predicted molar refractivity (Wildman–Crippen MR) is 210 cm³/mol. The molecule has 14 heteroatoms. The SMILES string of the molecule is CO[C@]1(C)C[C@@H](C)C(=O)[C@H](C)[C@H]2NC(=O)O[C@]2(C)[C@@H](CC/C=C/Cc2cnc3ccccc3c2)OC(=O)[C@@](C)(F)C(=O)[C@H](C)[C@H]1O[C@@H]1O[C@H](C)C[C@H](N(C)C)[C@H]1O. The number of aromatic nitrogens is 1. The minimum Gasteiger partial charge on any atom is -0.455 e. The van der Waals surface area contributed by atoms with Crippen LogP contribution >= 0.6 is 0 Å². The third kappa shape index (κ3) is 9.25. The highest BCUT2D eigenvalue weighted by Gasteiger charge is 2.59. The second-order valence-corrected chi connectivity index (χ2v) is 17.0. The number of pyridine rings is 1. The van der Waals surface area contributed by atoms with E-state index in [4.69, 9.17) is 23.7 Å². The van der Waals surface area contributed by atoms with E-state index in [0.29, 0.717) is 19.3 Å². The number of Topliss-reactive ketones (excluding diaryl/α,β-unsaturated/α-hetero) is 2. The quantitative estimate of drug-likeness (QED) is 0.192. The molecule has 0 saturated carbocycles. The molecular formula is C43H60FN3O10. The first-order valence-corrected chi connectivity index (χ1v) is 19.9. The number of alkyl carbamates (subject to hydrolysis) is 1. The van der Waals surface area contributed by atoms with Crippen molar-refractivity contribution >= 4 is 34.5 Å². The molecule has 4 heterocycles. The van der Waals surface area contributed by atoms with Crippen LogP contribution in [0.4, 0.5) is 9.18 Å². The molecule has 0 radical (unpaired) electrons. The van der Waals surface area contributed by atoms with Crippen molar-refractivity contribution in [2.75, 3.05) is 21.2 Å². The molecule has 0 bridgehead atoms. The summed E-state index contributed by atoms with van der Waals surface area (Å²) < 4.78 is 47.2. The zero-order chi connectivity index (χ0) is 42.0. The zero-order valence-electron chi connectivity index (χ0n) is 34.8. The Bertz CT molecular complexity index is 1820. The van der Waals surface area contributed by atoms with Crippen LogP contribution in [0.3, 0.4) is 0 Å². The fraction of sp³-hybridized carbons (Fsp3) is 0.651. The van der Waals surface area contributed by atoms with Crippen LogP contribution < -0.4 is 5.32 Å². The number of methoxy groups -OCH3 is 1. The largest absolute Gasteiger partial charge is 0.455 e. The van der Waals surface area contributed by atoms with Crippen LogP contribution in [0.2, 0.25) is 0 Å². The van der Waals surface area contributed by atoms with E-state index in [2.05, 4.69) is 16.4 Å². The summed E-state index contributed by atoms with van der Waals surface area (Å²) in [5, 5.41) is 15.1. The van der Waals surface area contributed by atoms with Crippen molar-refractivity contribution in [3.63, 3.8) is 0 Å². The van der Waals surface area contributed by atoms with Crippen LogP contribution in [0.15, 0.2) is 48.7 Å². The maximum atomic E-state index is 17.0. The molecule has 314 valence electrons. The summed E-state index contributed by atoms with van der Waals surface area (Å²) in [5.41, 5.74) is -4.38. The number of alkyl halides is 1. The van der Waals surface area contributed by atoms with Crippen LogP contribution in [0.5, 0.6) is 0 Å². The van der Waals surface area contributed by atoms with Gasteiger partial charge in [-0.3, -0.25) is 14.6 Å². The Hall–Kier alpha value is -3.82. The number of halogens is 1. The molecule has 0 aliphatic carbocycles. The van der Waals surface area contributed by atoms with Gasteiger partial charge < -0.3 is 39.0 Å². The number of para-hydroxylation sites is 1. The fourth-order valence-corrected chi connectivity index (χ4v) is 8.86. The molecule has 3 fully saturated rings. The molecule has 0 unspecified atom stereocenters. The Labute approximate surface area is 335 Å². The van der Waals surface area contributed by atoms with E-state index in [1.807, 2.05) is 62.3 Å². The van der Waals surface area contributed by atoms with Gasteiger partial charge in [0.1, 0.15) is 18.0 Å². The number of likely N-dealkylation sites (N-methyl/N-ethyl adjacent to an activating group) is 1. The summed E-state index contributed by atoms with van der Waals surface area (Å²) in [6, 6.07) is 8.51. The molecule has 13 nitrogen and oxygen atoms in total. The average Bonchev–Trinajstić information content (AvgIpc) is 3.49. The van der Waals surface area contributed by atoms with Gasteiger partial charge in [-0.25, -0.2) is 14.0 Å². The molecule has 5 rings (SSSR count). The molecule has 2 aromatic rings. The van der Waals surface area contributed by atoms with Crippen molar-refractivity contribution in [3.05, 3.63) is 54.2 Å². The predicted octanol–water partition coefficient (Wildman–Crippen LogP) is 5.29. The summed E-state index contributed by atoms with van der Waals surface area (Å²) in [7, 11) is 5.03. The Morgan fingerprint density at radius 3 is 2.44 bits per heavy atom. The lowest BCUT2D eigenvalue weighted by Gasteiger charge is -2.47. The number of benzene rings is 1. The second kappa shape index (κ2) is 17.6. The lowest BCUT2D eigenvalue weighted by Crippen LogP contribution is -2.61. The summed E-state index contributed by atoms with van der Waals surface area (Å²) in [6.07, 6.45) is 0.952. The summed E-state index contributed by atoms with van der Waals surface area (Å²) in [4.78, 5) is 61.9. The van der Waals surface area contributed by atoms with E-state index in [1.54, 1.807) is 33.9 Å². The molecule has 3 saturated heterocycles. The topological polar surface area (TPSA) is 163 Å². The van der Waals surface area contributed by atoms with Gasteiger partial charge in [0.05, 0.1) is 29.4 Å². The number of cyclic esters (lactones) is 1. The van der Waals surface area contributed by atoms with Crippen LogP contribution in [0, 0.1) is 17.8 Å². The molecule has 1 aromatic carbocycles. The molecule has 1 amide bonds. The van der Waals surface area contributed by atoms with Crippen molar-refractivity contribution in [1.29, 1.82) is 0 Å². The third-order valence-electron chi connectivity index (χ3n) is 12.3. The monoisotopic (exact) mass is 797 g/mol. The van der Waals surface area contributed by atoms with E-state index in [9.17, 15) is 24.3 Å². The lowest BCUT2D eigenvalue weighted by molar-refractivity contribution is -0.295. The lowest BCUT2D eigenvalue weighted by atomic mass is 9.73. The first-order chi connectivity index (χ1) is 26.7. The number of hydrogen-bond donors (Lipinski definition) is 2. The maximum Gasteiger partial charge on any atom is 0.408 e. The number of ketones is 2. The number of carbonyl (C=O) groups is 4. The summed E-state index contributed by atoms with van der Waals surface area (Å²) >= 11 is 0. The molecule has 2 N–H and O–H groups in total. The highest BCUT2D eigenvalue weighted by molar-refractivity contribution is 6.08.